The molecule has 21 heavy (non-hydrogen) atoms. The van der Waals surface area contributed by atoms with Crippen LogP contribution in [0.3, 0.4) is 0 Å². The van der Waals surface area contributed by atoms with Gasteiger partial charge in [0.1, 0.15) is 0 Å². The van der Waals surface area contributed by atoms with Gasteiger partial charge < -0.3 is 5.11 Å². The van der Waals surface area contributed by atoms with Crippen LogP contribution in [0.1, 0.15) is 20.3 Å². The van der Waals surface area contributed by atoms with Crippen LogP contribution in [0.2, 0.25) is 5.02 Å². The normalized spacial score (nSPS) is 21.3. The SMILES string of the molecule is CC(C)CN1CCN(CCn2cc(Cl)cn2)C[C@@H]1CCO. The molecule has 120 valence electrons. The molecule has 0 bridgehead atoms. The van der Waals surface area contributed by atoms with Gasteiger partial charge in [0.05, 0.1) is 17.8 Å². The molecule has 5 nitrogen and oxygen atoms in total. The van der Waals surface area contributed by atoms with Gasteiger partial charge in [-0.2, -0.15) is 5.10 Å². The van der Waals surface area contributed by atoms with Crippen molar-refractivity contribution in [3.63, 3.8) is 0 Å². The Labute approximate surface area is 132 Å². The topological polar surface area (TPSA) is 44.5 Å². The van der Waals surface area contributed by atoms with Crippen LogP contribution in [0.5, 0.6) is 0 Å². The fourth-order valence-electron chi connectivity index (χ4n) is 3.00. The molecule has 0 unspecified atom stereocenters. The molecular weight excluding hydrogens is 288 g/mol. The van der Waals surface area contributed by atoms with Gasteiger partial charge in [0, 0.05) is 51.6 Å². The first-order valence-corrected chi connectivity index (χ1v) is 8.21. The van der Waals surface area contributed by atoms with Gasteiger partial charge in [-0.25, -0.2) is 0 Å². The quantitative estimate of drug-likeness (QED) is 0.829. The van der Waals surface area contributed by atoms with Crippen LogP contribution in [-0.2, 0) is 6.54 Å². The van der Waals surface area contributed by atoms with E-state index >= 15 is 0 Å². The Morgan fingerprint density at radius 3 is 2.81 bits per heavy atom. The van der Waals surface area contributed by atoms with Crippen LogP contribution in [0.4, 0.5) is 0 Å². The van der Waals surface area contributed by atoms with Crippen LogP contribution >= 0.6 is 11.6 Å². The lowest BCUT2D eigenvalue weighted by atomic mass is 10.1. The zero-order chi connectivity index (χ0) is 15.2. The Hall–Kier alpha value is -0.620. The molecule has 1 aromatic heterocycles. The summed E-state index contributed by atoms with van der Waals surface area (Å²) in [5, 5.41) is 14.2. The maximum atomic E-state index is 9.29. The number of halogens is 1. The Morgan fingerprint density at radius 2 is 2.19 bits per heavy atom. The average molecular weight is 315 g/mol. The summed E-state index contributed by atoms with van der Waals surface area (Å²) in [4.78, 5) is 4.99. The third kappa shape index (κ3) is 5.25. The summed E-state index contributed by atoms with van der Waals surface area (Å²) in [6, 6.07) is 0.465. The minimum atomic E-state index is 0.266. The Bertz CT molecular complexity index is 424. The van der Waals surface area contributed by atoms with Crippen molar-refractivity contribution in [3.05, 3.63) is 17.4 Å². The van der Waals surface area contributed by atoms with Gasteiger partial charge in [-0.1, -0.05) is 25.4 Å². The third-order valence-corrected chi connectivity index (χ3v) is 4.19. The molecule has 1 fully saturated rings. The molecule has 0 aromatic carbocycles. The number of hydrogen-bond donors (Lipinski definition) is 1. The first-order chi connectivity index (χ1) is 10.1. The molecule has 1 aromatic rings. The van der Waals surface area contributed by atoms with E-state index in [2.05, 4.69) is 28.7 Å². The van der Waals surface area contributed by atoms with Crippen molar-refractivity contribution in [2.75, 3.05) is 39.3 Å². The van der Waals surface area contributed by atoms with E-state index in [1.165, 1.54) is 0 Å². The van der Waals surface area contributed by atoms with Crippen molar-refractivity contribution in [3.8, 4) is 0 Å². The van der Waals surface area contributed by atoms with Crippen molar-refractivity contribution < 1.29 is 5.11 Å². The molecule has 6 heteroatoms. The van der Waals surface area contributed by atoms with Crippen molar-refractivity contribution in [2.45, 2.75) is 32.9 Å². The molecule has 1 aliphatic heterocycles. The third-order valence-electron chi connectivity index (χ3n) is 4.00. The molecule has 2 heterocycles. The van der Waals surface area contributed by atoms with Crippen LogP contribution < -0.4 is 0 Å². The van der Waals surface area contributed by atoms with Crippen LogP contribution in [0.15, 0.2) is 12.4 Å². The summed E-state index contributed by atoms with van der Waals surface area (Å²) in [5.74, 6) is 0.670. The van der Waals surface area contributed by atoms with E-state index in [4.69, 9.17) is 11.6 Å². The maximum absolute atomic E-state index is 9.29. The second-order valence-corrected chi connectivity index (χ2v) is 6.71. The lowest BCUT2D eigenvalue weighted by molar-refractivity contribution is 0.0493. The summed E-state index contributed by atoms with van der Waals surface area (Å²) in [5.41, 5.74) is 0. The van der Waals surface area contributed by atoms with Gasteiger partial charge in [0.2, 0.25) is 0 Å². The Balaban J connectivity index is 1.83. The summed E-state index contributed by atoms with van der Waals surface area (Å²) < 4.78 is 1.89. The van der Waals surface area contributed by atoms with Crippen LogP contribution in [0.25, 0.3) is 0 Å². The summed E-state index contributed by atoms with van der Waals surface area (Å²) in [6.45, 7) is 10.9. The monoisotopic (exact) mass is 314 g/mol. The van der Waals surface area contributed by atoms with Crippen molar-refractivity contribution >= 4 is 11.6 Å². The molecule has 0 radical (unpaired) electrons. The number of rotatable bonds is 7. The zero-order valence-electron chi connectivity index (χ0n) is 13.1. The number of piperazine rings is 1. The first-order valence-electron chi connectivity index (χ1n) is 7.83. The van der Waals surface area contributed by atoms with E-state index in [1.54, 1.807) is 6.20 Å². The van der Waals surface area contributed by atoms with Crippen LogP contribution in [-0.4, -0.2) is 70.1 Å². The molecule has 1 N–H and O–H groups in total. The number of aliphatic hydroxyl groups is 1. The fraction of sp³-hybridized carbons (Fsp3) is 0.800. The molecule has 1 aliphatic rings. The second-order valence-electron chi connectivity index (χ2n) is 6.28. The van der Waals surface area contributed by atoms with E-state index < -0.39 is 0 Å². The van der Waals surface area contributed by atoms with Crippen LogP contribution in [0, 0.1) is 5.92 Å². The highest BCUT2D eigenvalue weighted by Crippen LogP contribution is 2.15. The summed E-state index contributed by atoms with van der Waals surface area (Å²) in [7, 11) is 0. The molecule has 2 rings (SSSR count). The molecule has 0 amide bonds. The number of aromatic nitrogens is 2. The van der Waals surface area contributed by atoms with E-state index in [1.807, 2.05) is 10.9 Å². The lowest BCUT2D eigenvalue weighted by Gasteiger charge is -2.42. The van der Waals surface area contributed by atoms with E-state index in [-0.39, 0.29) is 6.61 Å². The minimum absolute atomic E-state index is 0.266. The van der Waals surface area contributed by atoms with E-state index in [0.29, 0.717) is 17.0 Å². The molecule has 1 atom stereocenters. The molecule has 0 saturated carbocycles. The number of aliphatic hydroxyl groups excluding tert-OH is 1. The summed E-state index contributed by atoms with van der Waals surface area (Å²) >= 11 is 5.88. The highest BCUT2D eigenvalue weighted by Gasteiger charge is 2.26. The minimum Gasteiger partial charge on any atom is -0.396 e. The lowest BCUT2D eigenvalue weighted by Crippen LogP contribution is -2.54. The first kappa shape index (κ1) is 16.7. The standard InChI is InChI=1S/C15H27ClN4O/c1-13(2)10-19-6-4-18(12-15(19)3-8-21)5-7-20-11-14(16)9-17-20/h9,11,13,15,21H,3-8,10,12H2,1-2H3/t15-/m0/s1. The zero-order valence-corrected chi connectivity index (χ0v) is 13.8. The van der Waals surface area contributed by atoms with Crippen molar-refractivity contribution in [1.82, 2.24) is 19.6 Å². The molecular formula is C15H27ClN4O. The van der Waals surface area contributed by atoms with E-state index in [9.17, 15) is 5.11 Å². The van der Waals surface area contributed by atoms with Gasteiger partial charge in [0.25, 0.3) is 0 Å². The predicted octanol–water partition coefficient (Wildman–Crippen LogP) is 1.56. The predicted molar refractivity (Wildman–Crippen MR) is 85.6 cm³/mol. The number of hydrogen-bond acceptors (Lipinski definition) is 4. The van der Waals surface area contributed by atoms with Gasteiger partial charge in [-0.15, -0.1) is 0 Å². The Kier molecular flexibility index (Phi) is 6.48. The number of nitrogens with zero attached hydrogens (tertiary/aromatic N) is 4. The van der Waals surface area contributed by atoms with Gasteiger partial charge in [0.15, 0.2) is 0 Å². The van der Waals surface area contributed by atoms with Gasteiger partial charge >= 0.3 is 0 Å². The molecule has 1 saturated heterocycles. The smallest absolute Gasteiger partial charge is 0.0785 e. The highest BCUT2D eigenvalue weighted by molar-refractivity contribution is 6.30. The van der Waals surface area contributed by atoms with Gasteiger partial charge in [-0.3, -0.25) is 14.5 Å². The largest absolute Gasteiger partial charge is 0.396 e. The fourth-order valence-corrected chi connectivity index (χ4v) is 3.15. The second kappa shape index (κ2) is 8.13. The summed E-state index contributed by atoms with van der Waals surface area (Å²) in [6.07, 6.45) is 4.40. The van der Waals surface area contributed by atoms with Crippen molar-refractivity contribution in [2.24, 2.45) is 5.92 Å². The average Bonchev–Trinajstić information content (AvgIpc) is 2.84. The van der Waals surface area contributed by atoms with Gasteiger partial charge in [-0.05, 0) is 12.3 Å². The van der Waals surface area contributed by atoms with E-state index in [0.717, 1.165) is 45.7 Å². The Morgan fingerprint density at radius 1 is 1.38 bits per heavy atom. The maximum Gasteiger partial charge on any atom is 0.0785 e. The highest BCUT2D eigenvalue weighted by atomic mass is 35.5. The van der Waals surface area contributed by atoms with Crippen molar-refractivity contribution in [1.29, 1.82) is 0 Å². The molecule has 0 aliphatic carbocycles. The molecule has 0 spiro atoms.